The Labute approximate surface area is 148 Å². The Kier molecular flexibility index (Phi) is 2.97. The fourth-order valence-electron chi connectivity index (χ4n) is 3.95. The van der Waals surface area contributed by atoms with Crippen molar-refractivity contribution in [1.82, 2.24) is 9.97 Å². The van der Waals surface area contributed by atoms with Gasteiger partial charge in [-0.15, -0.1) is 0 Å². The maximum atomic E-state index is 5.03. The minimum atomic E-state index is -1.75. The number of rotatable bonds is 1. The van der Waals surface area contributed by atoms with Gasteiger partial charge in [0.2, 0.25) is 0 Å². The summed E-state index contributed by atoms with van der Waals surface area (Å²) in [5, 5.41) is 5.40. The Morgan fingerprint density at radius 2 is 1.52 bits per heavy atom. The van der Waals surface area contributed by atoms with Gasteiger partial charge in [0.15, 0.2) is 5.82 Å². The quantitative estimate of drug-likeness (QED) is 0.488. The van der Waals surface area contributed by atoms with Crippen LogP contribution in [0.4, 0.5) is 0 Å². The molecule has 0 saturated carbocycles. The summed E-state index contributed by atoms with van der Waals surface area (Å²) in [7, 11) is -1.75. The van der Waals surface area contributed by atoms with Gasteiger partial charge >= 0.3 is 0 Å². The summed E-state index contributed by atoms with van der Waals surface area (Å²) in [5.41, 5.74) is 3.53. The summed E-state index contributed by atoms with van der Waals surface area (Å²) in [4.78, 5) is 9.74. The fraction of sp³-hybridized carbons (Fsp3) is 0.0909. The number of aromatic nitrogens is 2. The van der Waals surface area contributed by atoms with Crippen LogP contribution in [0.5, 0.6) is 0 Å². The average molecular weight is 338 g/mol. The van der Waals surface area contributed by atoms with Gasteiger partial charge < -0.3 is 0 Å². The molecular formula is C22H18N2Si. The number of hydrogen-bond acceptors (Lipinski definition) is 2. The molecule has 3 heteroatoms. The van der Waals surface area contributed by atoms with E-state index in [0.29, 0.717) is 0 Å². The van der Waals surface area contributed by atoms with Gasteiger partial charge in [0, 0.05) is 17.3 Å². The first-order valence-electron chi connectivity index (χ1n) is 8.62. The topological polar surface area (TPSA) is 25.8 Å². The molecule has 0 N–H and O–H groups in total. The maximum Gasteiger partial charge on any atom is 0.159 e. The first-order valence-corrected chi connectivity index (χ1v) is 11.6. The molecule has 4 aromatic rings. The SMILES string of the molecule is C[Si]1(C)c2cnc(-c3ccccc3)nc2-c2c1ccc1ccccc21. The van der Waals surface area contributed by atoms with E-state index in [1.165, 1.54) is 26.7 Å². The van der Waals surface area contributed by atoms with Gasteiger partial charge in [-0.2, -0.15) is 0 Å². The normalized spacial score (nSPS) is 14.3. The Bertz CT molecular complexity index is 1120. The Balaban J connectivity index is 1.85. The van der Waals surface area contributed by atoms with Crippen molar-refractivity contribution in [1.29, 1.82) is 0 Å². The second-order valence-corrected chi connectivity index (χ2v) is 11.5. The molecule has 5 rings (SSSR count). The Hall–Kier alpha value is -2.78. The zero-order valence-corrected chi connectivity index (χ0v) is 15.3. The molecule has 2 heterocycles. The van der Waals surface area contributed by atoms with Crippen molar-refractivity contribution in [3.63, 3.8) is 0 Å². The van der Waals surface area contributed by atoms with Crippen molar-refractivity contribution in [3.8, 4) is 22.6 Å². The molecule has 0 atom stereocenters. The van der Waals surface area contributed by atoms with Gasteiger partial charge in [0.25, 0.3) is 0 Å². The molecule has 0 spiro atoms. The molecule has 0 unspecified atom stereocenters. The second-order valence-electron chi connectivity index (χ2n) is 7.16. The van der Waals surface area contributed by atoms with Crippen LogP contribution in [0.2, 0.25) is 13.1 Å². The van der Waals surface area contributed by atoms with Crippen LogP contribution in [0.3, 0.4) is 0 Å². The largest absolute Gasteiger partial charge is 0.237 e. The molecule has 3 aromatic carbocycles. The number of benzene rings is 3. The summed E-state index contributed by atoms with van der Waals surface area (Å²) >= 11 is 0. The molecule has 2 nitrogen and oxygen atoms in total. The molecule has 120 valence electrons. The third-order valence-corrected chi connectivity index (χ3v) is 8.81. The summed E-state index contributed by atoms with van der Waals surface area (Å²) in [5.74, 6) is 0.810. The zero-order chi connectivity index (χ0) is 17.0. The van der Waals surface area contributed by atoms with Crippen molar-refractivity contribution in [2.75, 3.05) is 0 Å². The van der Waals surface area contributed by atoms with E-state index in [9.17, 15) is 0 Å². The minimum absolute atomic E-state index is 0.810. The van der Waals surface area contributed by atoms with Crippen LogP contribution in [-0.4, -0.2) is 18.0 Å². The molecule has 0 aliphatic carbocycles. The van der Waals surface area contributed by atoms with E-state index in [4.69, 9.17) is 9.97 Å². The predicted molar refractivity (Wildman–Crippen MR) is 107 cm³/mol. The monoisotopic (exact) mass is 338 g/mol. The number of fused-ring (bicyclic) bond motifs is 5. The van der Waals surface area contributed by atoms with Crippen molar-refractivity contribution < 1.29 is 0 Å². The van der Waals surface area contributed by atoms with Crippen molar-refractivity contribution in [2.45, 2.75) is 13.1 Å². The van der Waals surface area contributed by atoms with Crippen LogP contribution in [0, 0.1) is 0 Å². The lowest BCUT2D eigenvalue weighted by Gasteiger charge is -2.18. The summed E-state index contributed by atoms with van der Waals surface area (Å²) < 4.78 is 0. The lowest BCUT2D eigenvalue weighted by molar-refractivity contribution is 1.20. The van der Waals surface area contributed by atoms with E-state index in [-0.39, 0.29) is 0 Å². The molecular weight excluding hydrogens is 320 g/mol. The van der Waals surface area contributed by atoms with Crippen LogP contribution in [-0.2, 0) is 0 Å². The van der Waals surface area contributed by atoms with E-state index in [2.05, 4.69) is 67.8 Å². The van der Waals surface area contributed by atoms with E-state index >= 15 is 0 Å². The lowest BCUT2D eigenvalue weighted by atomic mass is 10.0. The second kappa shape index (κ2) is 5.10. The van der Waals surface area contributed by atoms with Crippen LogP contribution >= 0.6 is 0 Å². The van der Waals surface area contributed by atoms with E-state index < -0.39 is 8.07 Å². The van der Waals surface area contributed by atoms with Crippen LogP contribution in [0.1, 0.15) is 0 Å². The summed E-state index contributed by atoms with van der Waals surface area (Å²) in [6.45, 7) is 4.80. The minimum Gasteiger partial charge on any atom is -0.237 e. The highest BCUT2D eigenvalue weighted by Crippen LogP contribution is 2.33. The molecule has 0 fully saturated rings. The van der Waals surface area contributed by atoms with Gasteiger partial charge in [0.05, 0.1) is 5.69 Å². The predicted octanol–water partition coefficient (Wildman–Crippen LogP) is 4.10. The van der Waals surface area contributed by atoms with E-state index in [1.807, 2.05) is 18.2 Å². The third kappa shape index (κ3) is 2.02. The maximum absolute atomic E-state index is 5.03. The highest BCUT2D eigenvalue weighted by atomic mass is 28.3. The number of nitrogens with zero attached hydrogens (tertiary/aromatic N) is 2. The summed E-state index contributed by atoms with van der Waals surface area (Å²) in [6, 6.07) is 23.4. The van der Waals surface area contributed by atoms with Crippen LogP contribution < -0.4 is 10.4 Å². The standard InChI is InChI=1S/C22H18N2Si/c1-25(2)18-13-12-15-8-6-7-11-17(15)20(18)21-19(25)14-23-22(24-21)16-9-4-3-5-10-16/h3-14H,1-2H3. The molecule has 0 radical (unpaired) electrons. The highest BCUT2D eigenvalue weighted by Gasteiger charge is 2.39. The average Bonchev–Trinajstić information content (AvgIpc) is 2.90. The molecule has 0 amide bonds. The Morgan fingerprint density at radius 3 is 2.36 bits per heavy atom. The summed E-state index contributed by atoms with van der Waals surface area (Å²) in [6.07, 6.45) is 2.08. The molecule has 1 aliphatic rings. The highest BCUT2D eigenvalue weighted by molar-refractivity contribution is 7.04. The van der Waals surface area contributed by atoms with Gasteiger partial charge in [-0.1, -0.05) is 79.8 Å². The van der Waals surface area contributed by atoms with Crippen LogP contribution in [0.25, 0.3) is 33.4 Å². The third-order valence-electron chi connectivity index (χ3n) is 5.33. The zero-order valence-electron chi connectivity index (χ0n) is 14.3. The van der Waals surface area contributed by atoms with Crippen molar-refractivity contribution >= 4 is 29.2 Å². The van der Waals surface area contributed by atoms with Crippen LogP contribution in [0.15, 0.2) is 72.9 Å². The number of hydrogen-bond donors (Lipinski definition) is 0. The van der Waals surface area contributed by atoms with Gasteiger partial charge in [-0.25, -0.2) is 9.97 Å². The first kappa shape index (κ1) is 14.6. The smallest absolute Gasteiger partial charge is 0.159 e. The Morgan fingerprint density at radius 1 is 0.760 bits per heavy atom. The molecule has 0 bridgehead atoms. The molecule has 0 saturated heterocycles. The van der Waals surface area contributed by atoms with Gasteiger partial charge in [0.1, 0.15) is 8.07 Å². The van der Waals surface area contributed by atoms with E-state index in [0.717, 1.165) is 17.1 Å². The molecule has 1 aliphatic heterocycles. The lowest BCUT2D eigenvalue weighted by Crippen LogP contribution is -2.49. The van der Waals surface area contributed by atoms with Crippen molar-refractivity contribution in [3.05, 3.63) is 72.9 Å². The van der Waals surface area contributed by atoms with Crippen molar-refractivity contribution in [2.24, 2.45) is 0 Å². The molecule has 1 aromatic heterocycles. The first-order chi connectivity index (χ1) is 12.2. The van der Waals surface area contributed by atoms with Gasteiger partial charge in [-0.3, -0.25) is 0 Å². The van der Waals surface area contributed by atoms with Gasteiger partial charge in [-0.05, 0) is 21.1 Å². The fourth-order valence-corrected chi connectivity index (χ4v) is 6.78. The molecule has 25 heavy (non-hydrogen) atoms. The van der Waals surface area contributed by atoms with E-state index in [1.54, 1.807) is 0 Å².